The summed E-state index contributed by atoms with van der Waals surface area (Å²) in [6, 6.07) is 15.4. The van der Waals surface area contributed by atoms with Gasteiger partial charge in [0.2, 0.25) is 0 Å². The van der Waals surface area contributed by atoms with Crippen LogP contribution in [-0.2, 0) is 4.79 Å². The second-order valence-electron chi connectivity index (χ2n) is 4.69. The molecule has 0 saturated carbocycles. The number of hydrogen-bond acceptors (Lipinski definition) is 2. The normalized spacial score (nSPS) is 11.9. The first-order chi connectivity index (χ1) is 9.11. The highest BCUT2D eigenvalue weighted by Crippen LogP contribution is 2.24. The molecule has 2 aromatic rings. The van der Waals surface area contributed by atoms with E-state index in [1.165, 1.54) is 0 Å². The zero-order chi connectivity index (χ0) is 13.8. The van der Waals surface area contributed by atoms with Gasteiger partial charge in [-0.2, -0.15) is 0 Å². The van der Waals surface area contributed by atoms with Crippen molar-refractivity contribution in [3.63, 3.8) is 0 Å². The van der Waals surface area contributed by atoms with Crippen molar-refractivity contribution in [3.05, 3.63) is 59.7 Å². The summed E-state index contributed by atoms with van der Waals surface area (Å²) in [4.78, 5) is 22.3. The van der Waals surface area contributed by atoms with Gasteiger partial charge in [0.25, 0.3) is 0 Å². The molecule has 2 nitrogen and oxygen atoms in total. The van der Waals surface area contributed by atoms with Crippen LogP contribution < -0.4 is 0 Å². The van der Waals surface area contributed by atoms with Crippen LogP contribution in [0.2, 0.25) is 0 Å². The molecule has 96 valence electrons. The number of carbonyl (C=O) groups excluding carboxylic acids is 2. The van der Waals surface area contributed by atoms with Crippen molar-refractivity contribution >= 4 is 12.1 Å². The Bertz CT molecular complexity index is 614. The van der Waals surface area contributed by atoms with Crippen molar-refractivity contribution in [2.24, 2.45) is 0 Å². The first-order valence-corrected chi connectivity index (χ1v) is 6.28. The van der Waals surface area contributed by atoms with E-state index in [9.17, 15) is 9.59 Å². The van der Waals surface area contributed by atoms with Crippen LogP contribution in [0.3, 0.4) is 0 Å². The molecule has 2 aromatic carbocycles. The zero-order valence-corrected chi connectivity index (χ0v) is 11.1. The summed E-state index contributed by atoms with van der Waals surface area (Å²) in [6.45, 7) is 3.43. The van der Waals surface area contributed by atoms with Crippen molar-refractivity contribution < 1.29 is 9.59 Å². The Morgan fingerprint density at radius 1 is 1.05 bits per heavy atom. The average molecular weight is 252 g/mol. The molecule has 0 heterocycles. The molecule has 0 aliphatic heterocycles. The molecular formula is C17H16O2. The molecule has 0 bridgehead atoms. The fourth-order valence-corrected chi connectivity index (χ4v) is 2.00. The highest BCUT2D eigenvalue weighted by atomic mass is 16.1. The average Bonchev–Trinajstić information content (AvgIpc) is 2.46. The van der Waals surface area contributed by atoms with Gasteiger partial charge >= 0.3 is 0 Å². The van der Waals surface area contributed by atoms with Crippen LogP contribution in [0.1, 0.15) is 35.7 Å². The van der Waals surface area contributed by atoms with Crippen LogP contribution in [0, 0.1) is 0 Å². The van der Waals surface area contributed by atoms with Gasteiger partial charge in [0.15, 0.2) is 5.78 Å². The maximum atomic E-state index is 11.4. The molecule has 0 N–H and O–H groups in total. The van der Waals surface area contributed by atoms with Gasteiger partial charge in [-0.25, -0.2) is 0 Å². The largest absolute Gasteiger partial charge is 0.303 e. The summed E-state index contributed by atoms with van der Waals surface area (Å²) in [6.07, 6.45) is 0.936. The van der Waals surface area contributed by atoms with E-state index in [2.05, 4.69) is 0 Å². The molecule has 2 rings (SSSR count). The van der Waals surface area contributed by atoms with Crippen LogP contribution in [0.4, 0.5) is 0 Å². The number of hydrogen-bond donors (Lipinski definition) is 0. The lowest BCUT2D eigenvalue weighted by Crippen LogP contribution is -1.95. The number of Topliss-reactive ketones (excluding diaryl/α,β-unsaturated/α-hetero) is 1. The summed E-state index contributed by atoms with van der Waals surface area (Å²) in [5.74, 6) is -0.0600. The smallest absolute Gasteiger partial charge is 0.159 e. The van der Waals surface area contributed by atoms with Crippen LogP contribution in [0.5, 0.6) is 0 Å². The van der Waals surface area contributed by atoms with Gasteiger partial charge in [-0.3, -0.25) is 4.79 Å². The van der Waals surface area contributed by atoms with Gasteiger partial charge in [-0.15, -0.1) is 0 Å². The van der Waals surface area contributed by atoms with E-state index in [4.69, 9.17) is 0 Å². The Balaban J connectivity index is 2.44. The molecule has 19 heavy (non-hydrogen) atoms. The summed E-state index contributed by atoms with van der Waals surface area (Å²) in [5, 5.41) is 0. The number of aldehydes is 1. The number of ketones is 1. The fraction of sp³-hybridized carbons (Fsp3) is 0.176. The minimum Gasteiger partial charge on any atom is -0.303 e. The topological polar surface area (TPSA) is 34.1 Å². The molecular weight excluding hydrogens is 236 g/mol. The van der Waals surface area contributed by atoms with Crippen LogP contribution >= 0.6 is 0 Å². The van der Waals surface area contributed by atoms with Gasteiger partial charge < -0.3 is 4.79 Å². The minimum absolute atomic E-state index is 0.0549. The second-order valence-corrected chi connectivity index (χ2v) is 4.69. The van der Waals surface area contributed by atoms with E-state index in [1.54, 1.807) is 6.92 Å². The summed E-state index contributed by atoms with van der Waals surface area (Å²) >= 11 is 0. The van der Waals surface area contributed by atoms with Gasteiger partial charge in [0.05, 0.1) is 0 Å². The third-order valence-electron chi connectivity index (χ3n) is 3.22. The summed E-state index contributed by atoms with van der Waals surface area (Å²) in [7, 11) is 0. The number of carbonyl (C=O) groups is 2. The minimum atomic E-state index is -0.115. The van der Waals surface area contributed by atoms with Crippen LogP contribution in [0.15, 0.2) is 48.5 Å². The third kappa shape index (κ3) is 2.97. The maximum Gasteiger partial charge on any atom is 0.159 e. The highest BCUT2D eigenvalue weighted by Gasteiger charge is 2.06. The Hall–Kier alpha value is -2.22. The van der Waals surface area contributed by atoms with Crippen molar-refractivity contribution in [2.45, 2.75) is 19.8 Å². The van der Waals surface area contributed by atoms with E-state index in [0.29, 0.717) is 5.56 Å². The lowest BCUT2D eigenvalue weighted by molar-refractivity contribution is -0.108. The van der Waals surface area contributed by atoms with Crippen molar-refractivity contribution in [2.75, 3.05) is 0 Å². The van der Waals surface area contributed by atoms with E-state index < -0.39 is 0 Å². The van der Waals surface area contributed by atoms with E-state index in [1.807, 2.05) is 55.5 Å². The molecule has 0 radical (unpaired) electrons. The predicted octanol–water partition coefficient (Wildman–Crippen LogP) is 3.86. The third-order valence-corrected chi connectivity index (χ3v) is 3.22. The van der Waals surface area contributed by atoms with Gasteiger partial charge in [0, 0.05) is 11.5 Å². The second kappa shape index (κ2) is 5.61. The molecule has 0 aliphatic rings. The zero-order valence-electron chi connectivity index (χ0n) is 11.1. The first kappa shape index (κ1) is 13.2. The lowest BCUT2D eigenvalue weighted by Gasteiger charge is -2.08. The summed E-state index contributed by atoms with van der Waals surface area (Å²) in [5.41, 5.74) is 3.70. The van der Waals surface area contributed by atoms with Crippen molar-refractivity contribution in [3.8, 4) is 11.1 Å². The molecule has 2 heteroatoms. The molecule has 0 aromatic heterocycles. The Morgan fingerprint density at radius 2 is 1.68 bits per heavy atom. The molecule has 0 spiro atoms. The fourth-order valence-electron chi connectivity index (χ4n) is 2.00. The summed E-state index contributed by atoms with van der Waals surface area (Å²) < 4.78 is 0. The Labute approximate surface area is 113 Å². The van der Waals surface area contributed by atoms with Gasteiger partial charge in [-0.1, -0.05) is 49.4 Å². The molecule has 1 atom stereocenters. The predicted molar refractivity (Wildman–Crippen MR) is 76.4 cm³/mol. The number of rotatable bonds is 4. The highest BCUT2D eigenvalue weighted by molar-refractivity contribution is 5.95. The van der Waals surface area contributed by atoms with Crippen molar-refractivity contribution in [1.82, 2.24) is 0 Å². The van der Waals surface area contributed by atoms with Gasteiger partial charge in [0.1, 0.15) is 6.29 Å². The van der Waals surface area contributed by atoms with E-state index in [-0.39, 0.29) is 11.7 Å². The number of benzene rings is 2. The Kier molecular flexibility index (Phi) is 3.91. The van der Waals surface area contributed by atoms with E-state index in [0.717, 1.165) is 23.0 Å². The molecule has 0 amide bonds. The van der Waals surface area contributed by atoms with Gasteiger partial charge in [-0.05, 0) is 29.7 Å². The first-order valence-electron chi connectivity index (χ1n) is 6.28. The lowest BCUT2D eigenvalue weighted by atomic mass is 9.96. The van der Waals surface area contributed by atoms with Crippen LogP contribution in [0.25, 0.3) is 11.1 Å². The maximum absolute atomic E-state index is 11.4. The Morgan fingerprint density at radius 3 is 2.32 bits per heavy atom. The quantitative estimate of drug-likeness (QED) is 0.611. The molecule has 1 unspecified atom stereocenters. The molecule has 0 fully saturated rings. The molecule has 0 aliphatic carbocycles. The van der Waals surface area contributed by atoms with E-state index >= 15 is 0 Å². The SMILES string of the molecule is CC(=O)c1cccc(-c2cccc(C(C)C=O)c2)c1. The molecule has 0 saturated heterocycles. The van der Waals surface area contributed by atoms with Crippen LogP contribution in [-0.4, -0.2) is 12.1 Å². The van der Waals surface area contributed by atoms with Crippen molar-refractivity contribution in [1.29, 1.82) is 0 Å². The standard InChI is InChI=1S/C17H16O2/c1-12(11-18)14-5-3-7-16(9-14)17-8-4-6-15(10-17)13(2)19/h3-12H,1-2H3. The monoisotopic (exact) mass is 252 g/mol.